The van der Waals surface area contributed by atoms with Crippen LogP contribution in [-0.4, -0.2) is 19.5 Å². The second-order valence-corrected chi connectivity index (χ2v) is 7.40. The minimum atomic E-state index is -3.84. The summed E-state index contributed by atoms with van der Waals surface area (Å²) in [5, 5.41) is 8.88. The molecule has 2 rings (SSSR count). The molecule has 0 unspecified atom stereocenters. The van der Waals surface area contributed by atoms with Crippen LogP contribution in [0.5, 0.6) is 0 Å². The standard InChI is InChI=1S/C13H11FO4S2/c1-8-9(6-11(19-8)13(15)16)7-20(17,18)12-5-3-2-4-10(12)14/h2-6H,7H2,1H3,(H,15,16). The average molecular weight is 314 g/mol. The van der Waals surface area contributed by atoms with E-state index in [2.05, 4.69) is 0 Å². The second kappa shape index (κ2) is 5.34. The van der Waals surface area contributed by atoms with Gasteiger partial charge in [0.25, 0.3) is 0 Å². The molecule has 0 aliphatic carbocycles. The third kappa shape index (κ3) is 2.88. The first-order valence-electron chi connectivity index (χ1n) is 5.61. The first-order chi connectivity index (χ1) is 9.31. The normalized spacial score (nSPS) is 11.5. The molecule has 0 bridgehead atoms. The zero-order valence-electron chi connectivity index (χ0n) is 10.5. The maximum Gasteiger partial charge on any atom is 0.345 e. The molecular formula is C13H11FO4S2. The van der Waals surface area contributed by atoms with Crippen LogP contribution in [0.4, 0.5) is 4.39 Å². The van der Waals surface area contributed by atoms with Gasteiger partial charge in [-0.1, -0.05) is 12.1 Å². The van der Waals surface area contributed by atoms with Crippen molar-refractivity contribution in [3.63, 3.8) is 0 Å². The first-order valence-corrected chi connectivity index (χ1v) is 8.08. The van der Waals surface area contributed by atoms with Crippen molar-refractivity contribution >= 4 is 27.1 Å². The lowest BCUT2D eigenvalue weighted by Crippen LogP contribution is -2.07. The van der Waals surface area contributed by atoms with Crippen molar-refractivity contribution in [2.24, 2.45) is 0 Å². The molecule has 0 atom stereocenters. The molecule has 0 saturated carbocycles. The number of aromatic carboxylic acids is 1. The van der Waals surface area contributed by atoms with Gasteiger partial charge in [-0.2, -0.15) is 0 Å². The van der Waals surface area contributed by atoms with E-state index in [-0.39, 0.29) is 9.77 Å². The molecule has 0 spiro atoms. The molecule has 4 nitrogen and oxygen atoms in total. The van der Waals surface area contributed by atoms with E-state index in [1.165, 1.54) is 24.3 Å². The van der Waals surface area contributed by atoms with Crippen LogP contribution in [0.3, 0.4) is 0 Å². The molecule has 0 fully saturated rings. The molecule has 0 radical (unpaired) electrons. The van der Waals surface area contributed by atoms with E-state index in [0.717, 1.165) is 17.4 Å². The van der Waals surface area contributed by atoms with Crippen molar-refractivity contribution in [2.45, 2.75) is 17.6 Å². The molecular weight excluding hydrogens is 303 g/mol. The predicted octanol–water partition coefficient (Wildman–Crippen LogP) is 2.87. The third-order valence-electron chi connectivity index (χ3n) is 2.75. The molecule has 1 N–H and O–H groups in total. The smallest absolute Gasteiger partial charge is 0.345 e. The highest BCUT2D eigenvalue weighted by Gasteiger charge is 2.22. The summed E-state index contributed by atoms with van der Waals surface area (Å²) in [4.78, 5) is 11.2. The summed E-state index contributed by atoms with van der Waals surface area (Å²) in [6.07, 6.45) is 0. The predicted molar refractivity (Wildman–Crippen MR) is 73.3 cm³/mol. The van der Waals surface area contributed by atoms with Gasteiger partial charge in [0.05, 0.1) is 5.75 Å². The molecule has 0 amide bonds. The molecule has 0 saturated heterocycles. The van der Waals surface area contributed by atoms with E-state index >= 15 is 0 Å². The highest BCUT2D eigenvalue weighted by atomic mass is 32.2. The summed E-state index contributed by atoms with van der Waals surface area (Å²) in [6, 6.07) is 6.45. The van der Waals surface area contributed by atoms with Crippen LogP contribution in [0.15, 0.2) is 35.2 Å². The Morgan fingerprint density at radius 2 is 2.00 bits per heavy atom. The Labute approximate surface area is 119 Å². The Morgan fingerprint density at radius 3 is 2.55 bits per heavy atom. The van der Waals surface area contributed by atoms with Crippen LogP contribution >= 0.6 is 11.3 Å². The molecule has 1 heterocycles. The SMILES string of the molecule is Cc1sc(C(=O)O)cc1CS(=O)(=O)c1ccccc1F. The number of carboxylic acids is 1. The zero-order chi connectivity index (χ0) is 14.9. The maximum absolute atomic E-state index is 13.6. The average Bonchev–Trinajstić information content (AvgIpc) is 2.71. The van der Waals surface area contributed by atoms with Crippen LogP contribution in [0.25, 0.3) is 0 Å². The number of halogens is 1. The molecule has 20 heavy (non-hydrogen) atoms. The van der Waals surface area contributed by atoms with E-state index in [4.69, 9.17) is 5.11 Å². The Morgan fingerprint density at radius 1 is 1.35 bits per heavy atom. The number of sulfone groups is 1. The number of rotatable bonds is 4. The Kier molecular flexibility index (Phi) is 3.92. The highest BCUT2D eigenvalue weighted by Crippen LogP contribution is 2.26. The summed E-state index contributed by atoms with van der Waals surface area (Å²) in [5.74, 6) is -2.32. The molecule has 106 valence electrons. The van der Waals surface area contributed by atoms with Gasteiger partial charge in [0.2, 0.25) is 0 Å². The fraction of sp³-hybridized carbons (Fsp3) is 0.154. The zero-order valence-corrected chi connectivity index (χ0v) is 12.1. The Balaban J connectivity index is 2.39. The minimum absolute atomic E-state index is 0.0706. The van der Waals surface area contributed by atoms with Crippen LogP contribution < -0.4 is 0 Å². The lowest BCUT2D eigenvalue weighted by Gasteiger charge is -2.05. The van der Waals surface area contributed by atoms with Crippen LogP contribution in [0, 0.1) is 12.7 Å². The fourth-order valence-corrected chi connectivity index (χ4v) is 4.24. The van der Waals surface area contributed by atoms with Gasteiger partial charge in [-0.05, 0) is 30.7 Å². The number of thiophene rings is 1. The topological polar surface area (TPSA) is 71.4 Å². The van der Waals surface area contributed by atoms with Crippen molar-refractivity contribution < 1.29 is 22.7 Å². The monoisotopic (exact) mass is 314 g/mol. The van der Waals surface area contributed by atoms with Crippen molar-refractivity contribution in [1.82, 2.24) is 0 Å². The van der Waals surface area contributed by atoms with Crippen molar-refractivity contribution in [2.75, 3.05) is 0 Å². The summed E-state index contributed by atoms with van der Waals surface area (Å²) >= 11 is 1.00. The maximum atomic E-state index is 13.6. The van der Waals surface area contributed by atoms with Gasteiger partial charge in [-0.3, -0.25) is 0 Å². The number of carboxylic acid groups (broad SMARTS) is 1. The minimum Gasteiger partial charge on any atom is -0.477 e. The second-order valence-electron chi connectivity index (χ2n) is 4.19. The third-order valence-corrected chi connectivity index (χ3v) is 5.52. The highest BCUT2D eigenvalue weighted by molar-refractivity contribution is 7.90. The molecule has 1 aromatic heterocycles. The van der Waals surface area contributed by atoms with Gasteiger partial charge in [0, 0.05) is 4.88 Å². The van der Waals surface area contributed by atoms with Crippen molar-refractivity contribution in [1.29, 1.82) is 0 Å². The summed E-state index contributed by atoms with van der Waals surface area (Å²) in [7, 11) is -3.84. The van der Waals surface area contributed by atoms with Gasteiger partial charge in [0.1, 0.15) is 15.6 Å². The van der Waals surface area contributed by atoms with Gasteiger partial charge in [-0.15, -0.1) is 11.3 Å². The van der Waals surface area contributed by atoms with E-state index < -0.39 is 27.4 Å². The number of aryl methyl sites for hydroxylation is 1. The van der Waals surface area contributed by atoms with Crippen LogP contribution in [-0.2, 0) is 15.6 Å². The quantitative estimate of drug-likeness (QED) is 0.942. The number of benzene rings is 1. The van der Waals surface area contributed by atoms with E-state index in [0.29, 0.717) is 10.4 Å². The number of hydrogen-bond donors (Lipinski definition) is 1. The molecule has 1 aromatic carbocycles. The summed E-state index contributed by atoms with van der Waals surface area (Å²) < 4.78 is 37.9. The first kappa shape index (κ1) is 14.7. The van der Waals surface area contributed by atoms with Crippen LogP contribution in [0.1, 0.15) is 20.1 Å². The van der Waals surface area contributed by atoms with E-state index in [1.54, 1.807) is 6.92 Å². The van der Waals surface area contributed by atoms with E-state index in [1.807, 2.05) is 0 Å². The van der Waals surface area contributed by atoms with Gasteiger partial charge in [-0.25, -0.2) is 17.6 Å². The van der Waals surface area contributed by atoms with Crippen LogP contribution in [0.2, 0.25) is 0 Å². The van der Waals surface area contributed by atoms with Crippen molar-refractivity contribution in [3.8, 4) is 0 Å². The Bertz CT molecular complexity index is 762. The van der Waals surface area contributed by atoms with Gasteiger partial charge < -0.3 is 5.11 Å². The molecule has 0 aliphatic heterocycles. The summed E-state index contributed by atoms with van der Waals surface area (Å²) in [5.41, 5.74) is 0.385. The lowest BCUT2D eigenvalue weighted by atomic mass is 10.3. The lowest BCUT2D eigenvalue weighted by molar-refractivity contribution is 0.0702. The number of carbonyl (C=O) groups is 1. The summed E-state index contributed by atoms with van der Waals surface area (Å²) in [6.45, 7) is 1.64. The van der Waals surface area contributed by atoms with Crippen molar-refractivity contribution in [3.05, 3.63) is 51.5 Å². The molecule has 7 heteroatoms. The largest absolute Gasteiger partial charge is 0.477 e. The van der Waals surface area contributed by atoms with E-state index in [9.17, 15) is 17.6 Å². The van der Waals surface area contributed by atoms with Gasteiger partial charge >= 0.3 is 5.97 Å². The Hall–Kier alpha value is -1.73. The van der Waals surface area contributed by atoms with Gasteiger partial charge in [0.15, 0.2) is 9.84 Å². The molecule has 2 aromatic rings. The fourth-order valence-electron chi connectivity index (χ4n) is 1.75. The number of hydrogen-bond acceptors (Lipinski definition) is 4. The molecule has 0 aliphatic rings.